The number of halogens is 3. The van der Waals surface area contributed by atoms with Crippen LogP contribution in [0.4, 0.5) is 13.2 Å². The lowest BCUT2D eigenvalue weighted by atomic mass is 9.90. The van der Waals surface area contributed by atoms with E-state index in [2.05, 4.69) is 38.6 Å². The van der Waals surface area contributed by atoms with Crippen LogP contribution >= 0.6 is 0 Å². The van der Waals surface area contributed by atoms with Crippen molar-refractivity contribution < 1.29 is 26.3 Å². The molecule has 0 aromatic heterocycles. The quantitative estimate of drug-likeness (QED) is 0.575. The Hall–Kier alpha value is -2.10. The zero-order chi connectivity index (χ0) is 22.3. The maximum atomic E-state index is 12.3. The minimum absolute atomic E-state index is 0.0937. The van der Waals surface area contributed by atoms with Gasteiger partial charge in [0.2, 0.25) is 10.0 Å². The van der Waals surface area contributed by atoms with Crippen LogP contribution in [0.15, 0.2) is 59.5 Å². The van der Waals surface area contributed by atoms with Crippen LogP contribution in [0.25, 0.3) is 0 Å². The first-order valence-electron chi connectivity index (χ1n) is 10.3. The maximum absolute atomic E-state index is 12.3. The smallest absolute Gasteiger partial charge is 0.406 e. The monoisotopic (exact) mass is 456 g/mol. The third-order valence-electron chi connectivity index (χ3n) is 5.39. The molecule has 1 aliphatic heterocycles. The fraction of sp³-hybridized carbons (Fsp3) is 0.455. The number of alkyl halides is 3. The molecule has 1 fully saturated rings. The van der Waals surface area contributed by atoms with Crippen LogP contribution in [-0.2, 0) is 16.4 Å². The zero-order valence-corrected chi connectivity index (χ0v) is 18.0. The molecule has 0 atom stereocenters. The summed E-state index contributed by atoms with van der Waals surface area (Å²) in [4.78, 5) is 2.25. The largest absolute Gasteiger partial charge is 0.573 e. The lowest BCUT2D eigenvalue weighted by Crippen LogP contribution is -2.36. The van der Waals surface area contributed by atoms with Crippen LogP contribution in [0, 0.1) is 5.92 Å². The SMILES string of the molecule is O=S(=O)(NCCCN1CCC(Cc2ccccc2)CC1)c1ccc(OC(F)(F)F)cc1. The van der Waals surface area contributed by atoms with Gasteiger partial charge in [0.15, 0.2) is 0 Å². The van der Waals surface area contributed by atoms with Gasteiger partial charge in [-0.2, -0.15) is 0 Å². The van der Waals surface area contributed by atoms with Gasteiger partial charge in [-0.1, -0.05) is 30.3 Å². The van der Waals surface area contributed by atoms with Crippen molar-refractivity contribution >= 4 is 10.0 Å². The Kier molecular flexibility index (Phi) is 7.96. The topological polar surface area (TPSA) is 58.6 Å². The van der Waals surface area contributed by atoms with E-state index in [-0.39, 0.29) is 11.4 Å². The average molecular weight is 457 g/mol. The lowest BCUT2D eigenvalue weighted by Gasteiger charge is -2.32. The van der Waals surface area contributed by atoms with E-state index in [1.807, 2.05) is 6.07 Å². The Bertz CT molecular complexity index is 911. The predicted octanol–water partition coefficient (Wildman–Crippen LogP) is 4.21. The van der Waals surface area contributed by atoms with Crippen molar-refractivity contribution in [3.8, 4) is 5.75 Å². The molecule has 1 heterocycles. The molecule has 2 aromatic rings. The predicted molar refractivity (Wildman–Crippen MR) is 112 cm³/mol. The van der Waals surface area contributed by atoms with E-state index in [1.54, 1.807) is 0 Å². The molecule has 0 saturated carbocycles. The van der Waals surface area contributed by atoms with E-state index in [0.717, 1.165) is 63.2 Å². The summed E-state index contributed by atoms with van der Waals surface area (Å²) < 4.78 is 67.5. The van der Waals surface area contributed by atoms with Gasteiger partial charge in [-0.15, -0.1) is 13.2 Å². The Labute approximate surface area is 181 Å². The molecule has 2 aromatic carbocycles. The molecular weight excluding hydrogens is 429 g/mol. The van der Waals surface area contributed by atoms with Gasteiger partial charge in [0.1, 0.15) is 5.75 Å². The summed E-state index contributed by atoms with van der Waals surface area (Å²) in [7, 11) is -3.77. The second-order valence-corrected chi connectivity index (χ2v) is 9.51. The van der Waals surface area contributed by atoms with Gasteiger partial charge in [0.25, 0.3) is 0 Å². The summed E-state index contributed by atoms with van der Waals surface area (Å²) in [5, 5.41) is 0. The lowest BCUT2D eigenvalue weighted by molar-refractivity contribution is -0.274. The van der Waals surface area contributed by atoms with Gasteiger partial charge < -0.3 is 9.64 Å². The highest BCUT2D eigenvalue weighted by Crippen LogP contribution is 2.24. The number of nitrogens with one attached hydrogen (secondary N) is 1. The third-order valence-corrected chi connectivity index (χ3v) is 6.86. The molecule has 1 aliphatic rings. The molecule has 0 aliphatic carbocycles. The Morgan fingerprint density at radius 1 is 1.00 bits per heavy atom. The summed E-state index contributed by atoms with van der Waals surface area (Å²) >= 11 is 0. The van der Waals surface area contributed by atoms with Crippen molar-refractivity contribution in [1.82, 2.24) is 9.62 Å². The van der Waals surface area contributed by atoms with Gasteiger partial charge in [-0.3, -0.25) is 0 Å². The van der Waals surface area contributed by atoms with Crippen molar-refractivity contribution in [2.45, 2.75) is 36.9 Å². The van der Waals surface area contributed by atoms with Crippen molar-refractivity contribution in [3.63, 3.8) is 0 Å². The van der Waals surface area contributed by atoms with Gasteiger partial charge in [-0.05, 0) is 81.1 Å². The van der Waals surface area contributed by atoms with E-state index in [0.29, 0.717) is 12.3 Å². The summed E-state index contributed by atoms with van der Waals surface area (Å²) in [6, 6.07) is 14.7. The highest BCUT2D eigenvalue weighted by molar-refractivity contribution is 7.89. The molecule has 9 heteroatoms. The number of likely N-dealkylation sites (tertiary alicyclic amines) is 1. The number of hydrogen-bond acceptors (Lipinski definition) is 4. The highest BCUT2D eigenvalue weighted by atomic mass is 32.2. The first kappa shape index (κ1) is 23.6. The first-order chi connectivity index (χ1) is 14.7. The zero-order valence-electron chi connectivity index (χ0n) is 17.1. The molecule has 0 radical (unpaired) electrons. The van der Waals surface area contributed by atoms with Gasteiger partial charge in [-0.25, -0.2) is 13.1 Å². The minimum Gasteiger partial charge on any atom is -0.406 e. The standard InChI is InChI=1S/C22H27F3N2O3S/c23-22(24,25)30-20-7-9-21(10-8-20)31(28,29)26-13-4-14-27-15-11-19(12-16-27)17-18-5-2-1-3-6-18/h1-3,5-10,19,26H,4,11-17H2. The van der Waals surface area contributed by atoms with Gasteiger partial charge in [0, 0.05) is 6.54 Å². The second-order valence-electron chi connectivity index (χ2n) is 7.75. The summed E-state index contributed by atoms with van der Waals surface area (Å²) in [5.41, 5.74) is 1.37. The highest BCUT2D eigenvalue weighted by Gasteiger charge is 2.31. The first-order valence-corrected chi connectivity index (χ1v) is 11.8. The van der Waals surface area contributed by atoms with E-state index in [1.165, 1.54) is 5.56 Å². The van der Waals surface area contributed by atoms with E-state index in [9.17, 15) is 21.6 Å². The Morgan fingerprint density at radius 2 is 1.65 bits per heavy atom. The van der Waals surface area contributed by atoms with Crippen molar-refractivity contribution in [3.05, 3.63) is 60.2 Å². The van der Waals surface area contributed by atoms with Gasteiger partial charge >= 0.3 is 6.36 Å². The van der Waals surface area contributed by atoms with E-state index >= 15 is 0 Å². The number of nitrogens with zero attached hydrogens (tertiary/aromatic N) is 1. The number of sulfonamides is 1. The minimum atomic E-state index is -4.81. The molecule has 31 heavy (non-hydrogen) atoms. The summed E-state index contributed by atoms with van der Waals surface area (Å²) in [5.74, 6) is 0.226. The molecule has 0 amide bonds. The normalized spacial score (nSPS) is 16.4. The van der Waals surface area contributed by atoms with Crippen LogP contribution in [0.2, 0.25) is 0 Å². The molecular formula is C22H27F3N2O3S. The molecule has 3 rings (SSSR count). The molecule has 0 bridgehead atoms. The molecule has 0 unspecified atom stereocenters. The van der Waals surface area contributed by atoms with Crippen molar-refractivity contribution in [1.29, 1.82) is 0 Å². The molecule has 1 saturated heterocycles. The summed E-state index contributed by atoms with van der Waals surface area (Å²) in [6.07, 6.45) is -0.784. The fourth-order valence-electron chi connectivity index (χ4n) is 3.77. The molecule has 0 spiro atoms. The van der Waals surface area contributed by atoms with Crippen molar-refractivity contribution in [2.75, 3.05) is 26.2 Å². The Balaban J connectivity index is 1.36. The molecule has 5 nitrogen and oxygen atoms in total. The number of ether oxygens (including phenoxy) is 1. The third kappa shape index (κ3) is 7.83. The van der Waals surface area contributed by atoms with Crippen LogP contribution in [-0.4, -0.2) is 45.9 Å². The maximum Gasteiger partial charge on any atom is 0.573 e. The number of hydrogen-bond donors (Lipinski definition) is 1. The number of benzene rings is 2. The number of piperidine rings is 1. The summed E-state index contributed by atoms with van der Waals surface area (Å²) in [6.45, 7) is 3.09. The van der Waals surface area contributed by atoms with Crippen molar-refractivity contribution in [2.24, 2.45) is 5.92 Å². The van der Waals surface area contributed by atoms with Crippen LogP contribution in [0.3, 0.4) is 0 Å². The van der Waals surface area contributed by atoms with Gasteiger partial charge in [0.05, 0.1) is 4.90 Å². The average Bonchev–Trinajstić information content (AvgIpc) is 2.72. The van der Waals surface area contributed by atoms with Crippen LogP contribution in [0.5, 0.6) is 5.75 Å². The van der Waals surface area contributed by atoms with E-state index in [4.69, 9.17) is 0 Å². The molecule has 170 valence electrons. The second kappa shape index (κ2) is 10.5. The number of rotatable bonds is 9. The van der Waals surface area contributed by atoms with E-state index < -0.39 is 22.1 Å². The fourth-order valence-corrected chi connectivity index (χ4v) is 4.85. The molecule has 1 N–H and O–H groups in total. The van der Waals surface area contributed by atoms with Crippen LogP contribution in [0.1, 0.15) is 24.8 Å². The van der Waals surface area contributed by atoms with Crippen LogP contribution < -0.4 is 9.46 Å². The Morgan fingerprint density at radius 3 is 2.26 bits per heavy atom.